The molecule has 24 heavy (non-hydrogen) atoms. The monoisotopic (exact) mass is 323 g/mol. The van der Waals surface area contributed by atoms with Gasteiger partial charge in [-0.1, -0.05) is 30.3 Å². The van der Waals surface area contributed by atoms with Gasteiger partial charge in [-0.2, -0.15) is 0 Å². The van der Waals surface area contributed by atoms with Gasteiger partial charge in [-0.3, -0.25) is 4.79 Å². The van der Waals surface area contributed by atoms with E-state index in [4.69, 9.17) is 9.47 Å². The molecule has 5 heteroatoms. The molecule has 0 radical (unpaired) electrons. The summed E-state index contributed by atoms with van der Waals surface area (Å²) < 4.78 is 10.4. The quantitative estimate of drug-likeness (QED) is 0.626. The van der Waals surface area contributed by atoms with E-state index < -0.39 is 11.5 Å². The minimum Gasteiger partial charge on any atom is -0.497 e. The number of rotatable bonds is 5. The number of hydrogen-bond donors (Lipinski definition) is 0. The third kappa shape index (κ3) is 2.80. The molecule has 1 heterocycles. The number of cyclic esters (lactones) is 1. The summed E-state index contributed by atoms with van der Waals surface area (Å²) in [5.41, 5.74) is -0.0407. The molecule has 0 saturated heterocycles. The molecule has 0 aliphatic carbocycles. The number of Topliss-reactive ketones (excluding diaryl/α,β-unsaturated/α-hetero) is 1. The molecule has 0 aromatic heterocycles. The largest absolute Gasteiger partial charge is 0.497 e. The van der Waals surface area contributed by atoms with Crippen molar-refractivity contribution in [1.29, 1.82) is 0 Å². The van der Waals surface area contributed by atoms with Gasteiger partial charge in [0, 0.05) is 12.0 Å². The minimum atomic E-state index is -1.52. The van der Waals surface area contributed by atoms with Crippen molar-refractivity contribution in [2.45, 2.75) is 18.9 Å². The van der Waals surface area contributed by atoms with Gasteiger partial charge in [-0.25, -0.2) is 9.79 Å². The van der Waals surface area contributed by atoms with E-state index in [0.29, 0.717) is 11.3 Å². The molecule has 3 rings (SSSR count). The maximum atomic E-state index is 12.5. The molecule has 0 spiro atoms. The van der Waals surface area contributed by atoms with E-state index in [0.717, 1.165) is 5.56 Å². The highest BCUT2D eigenvalue weighted by molar-refractivity contribution is 6.18. The molecular formula is C19H17NO4. The zero-order valence-electron chi connectivity index (χ0n) is 13.5. The predicted octanol–water partition coefficient (Wildman–Crippen LogP) is 2.57. The van der Waals surface area contributed by atoms with Crippen molar-refractivity contribution in [3.63, 3.8) is 0 Å². The lowest BCUT2D eigenvalue weighted by Gasteiger charge is -2.18. The molecule has 0 fully saturated rings. The first kappa shape index (κ1) is 15.9. The molecule has 0 amide bonds. The van der Waals surface area contributed by atoms with Crippen LogP contribution < -0.4 is 4.74 Å². The van der Waals surface area contributed by atoms with Crippen molar-refractivity contribution in [1.82, 2.24) is 0 Å². The number of hydrogen-bond acceptors (Lipinski definition) is 5. The van der Waals surface area contributed by atoms with Crippen molar-refractivity contribution >= 4 is 17.7 Å². The smallest absolute Gasteiger partial charge is 0.349 e. The Morgan fingerprint density at radius 2 is 1.79 bits per heavy atom. The summed E-state index contributed by atoms with van der Waals surface area (Å²) >= 11 is 0. The fourth-order valence-electron chi connectivity index (χ4n) is 2.62. The van der Waals surface area contributed by atoms with Gasteiger partial charge in [-0.15, -0.1) is 0 Å². The van der Waals surface area contributed by atoms with E-state index in [1.165, 1.54) is 6.92 Å². The second kappa shape index (κ2) is 6.28. The summed E-state index contributed by atoms with van der Waals surface area (Å²) in [6, 6.07) is 16.3. The fraction of sp³-hybridized carbons (Fsp3) is 0.211. The maximum absolute atomic E-state index is 12.5. The van der Waals surface area contributed by atoms with E-state index in [2.05, 4.69) is 4.99 Å². The number of aliphatic imine (C=N–C) groups is 1. The Morgan fingerprint density at radius 1 is 1.12 bits per heavy atom. The Morgan fingerprint density at radius 3 is 2.38 bits per heavy atom. The molecule has 1 aliphatic heterocycles. The maximum Gasteiger partial charge on any atom is 0.349 e. The van der Waals surface area contributed by atoms with Crippen LogP contribution in [0.4, 0.5) is 0 Å². The van der Waals surface area contributed by atoms with Gasteiger partial charge in [0.25, 0.3) is 0 Å². The van der Waals surface area contributed by atoms with Crippen molar-refractivity contribution in [3.05, 3.63) is 65.7 Å². The van der Waals surface area contributed by atoms with Gasteiger partial charge < -0.3 is 9.47 Å². The molecule has 2 aromatic carbocycles. The van der Waals surface area contributed by atoms with Gasteiger partial charge in [-0.05, 0) is 36.8 Å². The second-order valence-electron chi connectivity index (χ2n) is 5.61. The van der Waals surface area contributed by atoms with Crippen LogP contribution in [0.2, 0.25) is 0 Å². The van der Waals surface area contributed by atoms with Crippen LogP contribution in [0.25, 0.3) is 0 Å². The molecule has 1 aliphatic rings. The van der Waals surface area contributed by atoms with Gasteiger partial charge in [0.1, 0.15) is 5.75 Å². The Balaban J connectivity index is 1.98. The SMILES string of the molecule is COc1ccc(C2=N[C@@](Cc3ccccc3)(C(C)=O)C(=O)O2)cc1. The van der Waals surface area contributed by atoms with Crippen LogP contribution in [-0.2, 0) is 20.7 Å². The average molecular weight is 323 g/mol. The zero-order chi connectivity index (χ0) is 17.2. The van der Waals surface area contributed by atoms with E-state index in [-0.39, 0.29) is 18.1 Å². The Bertz CT molecular complexity index is 796. The number of ketones is 1. The highest BCUT2D eigenvalue weighted by Crippen LogP contribution is 2.29. The first-order valence-corrected chi connectivity index (χ1v) is 7.57. The fourth-order valence-corrected chi connectivity index (χ4v) is 2.62. The highest BCUT2D eigenvalue weighted by Gasteiger charge is 2.50. The predicted molar refractivity (Wildman–Crippen MR) is 89.2 cm³/mol. The Hall–Kier alpha value is -2.95. The lowest BCUT2D eigenvalue weighted by Crippen LogP contribution is -2.43. The van der Waals surface area contributed by atoms with E-state index in [9.17, 15) is 9.59 Å². The molecular weight excluding hydrogens is 306 g/mol. The molecule has 0 bridgehead atoms. The van der Waals surface area contributed by atoms with Crippen LogP contribution in [0.3, 0.4) is 0 Å². The minimum absolute atomic E-state index is 0.161. The van der Waals surface area contributed by atoms with Crippen molar-refractivity contribution in [2.75, 3.05) is 7.11 Å². The first-order valence-electron chi connectivity index (χ1n) is 7.57. The summed E-state index contributed by atoms with van der Waals surface area (Å²) in [5.74, 6) is -0.121. The topological polar surface area (TPSA) is 65.0 Å². The molecule has 2 aromatic rings. The van der Waals surface area contributed by atoms with Crippen LogP contribution >= 0.6 is 0 Å². The van der Waals surface area contributed by atoms with Crippen molar-refractivity contribution in [3.8, 4) is 5.75 Å². The number of ether oxygens (including phenoxy) is 2. The van der Waals surface area contributed by atoms with Gasteiger partial charge in [0.15, 0.2) is 5.78 Å². The van der Waals surface area contributed by atoms with E-state index in [1.807, 2.05) is 30.3 Å². The molecule has 0 unspecified atom stereocenters. The number of esters is 1. The number of carbonyl (C=O) groups excluding carboxylic acids is 2. The lowest BCUT2D eigenvalue weighted by molar-refractivity contribution is -0.143. The van der Waals surface area contributed by atoms with Crippen LogP contribution in [0.1, 0.15) is 18.1 Å². The van der Waals surface area contributed by atoms with Gasteiger partial charge in [0.05, 0.1) is 7.11 Å². The summed E-state index contributed by atoms with van der Waals surface area (Å²) in [6.07, 6.45) is 0.182. The van der Waals surface area contributed by atoms with Crippen LogP contribution in [-0.4, -0.2) is 30.3 Å². The van der Waals surface area contributed by atoms with Crippen LogP contribution in [0.15, 0.2) is 59.6 Å². The number of nitrogens with zero attached hydrogens (tertiary/aromatic N) is 1. The number of methoxy groups -OCH3 is 1. The third-order valence-corrected chi connectivity index (χ3v) is 4.04. The first-order chi connectivity index (χ1) is 11.5. The zero-order valence-corrected chi connectivity index (χ0v) is 13.5. The lowest BCUT2D eigenvalue weighted by atomic mass is 9.88. The normalized spacial score (nSPS) is 19.6. The van der Waals surface area contributed by atoms with Crippen molar-refractivity contribution < 1.29 is 19.1 Å². The average Bonchev–Trinajstić information content (AvgIpc) is 2.94. The third-order valence-electron chi connectivity index (χ3n) is 4.04. The van der Waals surface area contributed by atoms with E-state index >= 15 is 0 Å². The second-order valence-corrected chi connectivity index (χ2v) is 5.61. The van der Waals surface area contributed by atoms with E-state index in [1.54, 1.807) is 31.4 Å². The van der Waals surface area contributed by atoms with Gasteiger partial charge in [0.2, 0.25) is 11.4 Å². The Labute approximate surface area is 139 Å². The van der Waals surface area contributed by atoms with Gasteiger partial charge >= 0.3 is 5.97 Å². The summed E-state index contributed by atoms with van der Waals surface area (Å²) in [7, 11) is 1.57. The molecule has 122 valence electrons. The molecule has 5 nitrogen and oxygen atoms in total. The van der Waals surface area contributed by atoms with Crippen LogP contribution in [0, 0.1) is 0 Å². The highest BCUT2D eigenvalue weighted by atomic mass is 16.6. The van der Waals surface area contributed by atoms with Crippen LogP contribution in [0.5, 0.6) is 5.75 Å². The standard InChI is InChI=1S/C19H17NO4/c1-13(21)19(12-14-6-4-3-5-7-14)18(22)24-17(20-19)15-8-10-16(23-2)11-9-15/h3-11H,12H2,1-2H3/t19-/m0/s1. The molecule has 0 N–H and O–H groups in total. The summed E-state index contributed by atoms with van der Waals surface area (Å²) in [4.78, 5) is 29.1. The molecule has 1 atom stereocenters. The van der Waals surface area contributed by atoms with Crippen molar-refractivity contribution in [2.24, 2.45) is 4.99 Å². The number of carbonyl (C=O) groups is 2. The number of benzene rings is 2. The summed E-state index contributed by atoms with van der Waals surface area (Å²) in [5, 5.41) is 0. The summed E-state index contributed by atoms with van der Waals surface area (Å²) in [6.45, 7) is 1.37. The Kier molecular flexibility index (Phi) is 4.16. The molecule has 0 saturated carbocycles.